The van der Waals surface area contributed by atoms with Crippen LogP contribution >= 0.6 is 11.6 Å². The van der Waals surface area contributed by atoms with Gasteiger partial charge < -0.3 is 14.6 Å². The van der Waals surface area contributed by atoms with Crippen molar-refractivity contribution < 1.29 is 14.6 Å². The van der Waals surface area contributed by atoms with Crippen molar-refractivity contribution in [3.63, 3.8) is 0 Å². The lowest BCUT2D eigenvalue weighted by molar-refractivity contribution is 0.150. The molecule has 0 saturated carbocycles. The van der Waals surface area contributed by atoms with Gasteiger partial charge in [0.05, 0.1) is 25.3 Å². The summed E-state index contributed by atoms with van der Waals surface area (Å²) in [5, 5.41) is 10.6. The van der Waals surface area contributed by atoms with Crippen LogP contribution in [0.25, 0.3) is 0 Å². The van der Waals surface area contributed by atoms with Gasteiger partial charge >= 0.3 is 0 Å². The normalized spacial score (nSPS) is 12.6. The lowest BCUT2D eigenvalue weighted by atomic mass is 9.99. The van der Waals surface area contributed by atoms with Crippen LogP contribution in [0.4, 0.5) is 0 Å². The zero-order valence-corrected chi connectivity index (χ0v) is 11.4. The highest BCUT2D eigenvalue weighted by Crippen LogP contribution is 2.37. The molecule has 4 heteroatoms. The average Bonchev–Trinajstić information content (AvgIpc) is 2.27. The number of ether oxygens (including phenoxy) is 2. The molecule has 0 aliphatic carbocycles. The van der Waals surface area contributed by atoms with Crippen molar-refractivity contribution >= 4 is 11.6 Å². The van der Waals surface area contributed by atoms with Crippen LogP contribution in [0.2, 0.25) is 5.02 Å². The first kappa shape index (κ1) is 14.1. The molecule has 0 aliphatic rings. The summed E-state index contributed by atoms with van der Waals surface area (Å²) in [6, 6.07) is 3.40. The Morgan fingerprint density at radius 2 is 1.71 bits per heavy atom. The van der Waals surface area contributed by atoms with E-state index in [1.165, 1.54) is 0 Å². The maximum Gasteiger partial charge on any atom is 0.162 e. The van der Waals surface area contributed by atoms with Crippen molar-refractivity contribution in [2.45, 2.75) is 26.4 Å². The van der Waals surface area contributed by atoms with E-state index in [1.54, 1.807) is 26.4 Å². The summed E-state index contributed by atoms with van der Waals surface area (Å²) in [5.41, 5.74) is 0.679. The van der Waals surface area contributed by atoms with Crippen LogP contribution in [0, 0.1) is 5.92 Å². The highest BCUT2D eigenvalue weighted by molar-refractivity contribution is 6.31. The van der Waals surface area contributed by atoms with E-state index in [4.69, 9.17) is 21.1 Å². The molecule has 1 aromatic carbocycles. The molecule has 1 N–H and O–H groups in total. The largest absolute Gasteiger partial charge is 0.493 e. The van der Waals surface area contributed by atoms with Crippen LogP contribution < -0.4 is 9.47 Å². The van der Waals surface area contributed by atoms with Gasteiger partial charge in [0.1, 0.15) is 0 Å². The van der Waals surface area contributed by atoms with Crippen molar-refractivity contribution in [2.24, 2.45) is 5.92 Å². The van der Waals surface area contributed by atoms with E-state index in [1.807, 2.05) is 0 Å². The molecule has 1 atom stereocenters. The second-order valence-electron chi connectivity index (χ2n) is 4.37. The number of aliphatic hydroxyl groups excluding tert-OH is 1. The van der Waals surface area contributed by atoms with Crippen molar-refractivity contribution in [1.29, 1.82) is 0 Å². The Morgan fingerprint density at radius 3 is 2.18 bits per heavy atom. The Bertz CT molecular complexity index is 377. The van der Waals surface area contributed by atoms with Crippen LogP contribution in [0.15, 0.2) is 12.1 Å². The third kappa shape index (κ3) is 3.51. The van der Waals surface area contributed by atoms with E-state index in [-0.39, 0.29) is 0 Å². The van der Waals surface area contributed by atoms with Gasteiger partial charge in [-0.3, -0.25) is 0 Å². The van der Waals surface area contributed by atoms with E-state index in [9.17, 15) is 5.11 Å². The predicted molar refractivity (Wildman–Crippen MR) is 69.0 cm³/mol. The van der Waals surface area contributed by atoms with Gasteiger partial charge in [-0.2, -0.15) is 0 Å². The molecule has 0 aromatic heterocycles. The smallest absolute Gasteiger partial charge is 0.162 e. The van der Waals surface area contributed by atoms with Gasteiger partial charge in [0.15, 0.2) is 11.5 Å². The Hall–Kier alpha value is -0.930. The first-order valence-corrected chi connectivity index (χ1v) is 5.96. The molecule has 96 valence electrons. The summed E-state index contributed by atoms with van der Waals surface area (Å²) in [4.78, 5) is 0. The minimum atomic E-state index is -0.581. The van der Waals surface area contributed by atoms with Gasteiger partial charge in [-0.05, 0) is 18.4 Å². The molecule has 0 aliphatic heterocycles. The molecule has 0 amide bonds. The Morgan fingerprint density at radius 1 is 1.18 bits per heavy atom. The number of aliphatic hydroxyl groups is 1. The molecule has 1 unspecified atom stereocenters. The van der Waals surface area contributed by atoms with Crippen molar-refractivity contribution in [2.75, 3.05) is 14.2 Å². The van der Waals surface area contributed by atoms with E-state index in [0.717, 1.165) is 0 Å². The first-order chi connectivity index (χ1) is 7.99. The number of rotatable bonds is 5. The molecule has 0 fully saturated rings. The molecule has 0 heterocycles. The molecule has 0 saturated heterocycles. The zero-order chi connectivity index (χ0) is 13.0. The van der Waals surface area contributed by atoms with Crippen LogP contribution in [0.3, 0.4) is 0 Å². The summed E-state index contributed by atoms with van der Waals surface area (Å²) in [6.45, 7) is 4.11. The lowest BCUT2D eigenvalue weighted by Crippen LogP contribution is -2.03. The first-order valence-electron chi connectivity index (χ1n) is 5.59. The second-order valence-corrected chi connectivity index (χ2v) is 4.78. The highest BCUT2D eigenvalue weighted by Gasteiger charge is 2.17. The molecule has 1 rings (SSSR count). The predicted octanol–water partition coefficient (Wildman–Crippen LogP) is 3.44. The molecule has 0 spiro atoms. The van der Waals surface area contributed by atoms with Crippen LogP contribution in [0.5, 0.6) is 11.5 Å². The van der Waals surface area contributed by atoms with Crippen LogP contribution in [-0.4, -0.2) is 19.3 Å². The fourth-order valence-electron chi connectivity index (χ4n) is 1.70. The number of hydrogen-bond acceptors (Lipinski definition) is 3. The van der Waals surface area contributed by atoms with Gasteiger partial charge in [-0.25, -0.2) is 0 Å². The van der Waals surface area contributed by atoms with Crippen molar-refractivity contribution in [3.8, 4) is 11.5 Å². The van der Waals surface area contributed by atoms with Gasteiger partial charge in [0.2, 0.25) is 0 Å². The molecule has 0 bridgehead atoms. The second kappa shape index (κ2) is 6.12. The molecule has 17 heavy (non-hydrogen) atoms. The Labute approximate surface area is 107 Å². The monoisotopic (exact) mass is 258 g/mol. The maximum atomic E-state index is 10.1. The molecule has 1 aromatic rings. The maximum absolute atomic E-state index is 10.1. The number of methoxy groups -OCH3 is 2. The fraction of sp³-hybridized carbons (Fsp3) is 0.538. The summed E-state index contributed by atoms with van der Waals surface area (Å²) < 4.78 is 10.3. The van der Waals surface area contributed by atoms with E-state index in [0.29, 0.717) is 34.4 Å². The van der Waals surface area contributed by atoms with Crippen molar-refractivity contribution in [1.82, 2.24) is 0 Å². The summed E-state index contributed by atoms with van der Waals surface area (Å²) >= 11 is 6.12. The third-order valence-electron chi connectivity index (χ3n) is 2.56. The Balaban J connectivity index is 3.07. The topological polar surface area (TPSA) is 38.7 Å². The number of halogens is 1. The fourth-order valence-corrected chi connectivity index (χ4v) is 1.98. The molecular formula is C13H19ClO3. The molecule has 0 radical (unpaired) electrons. The standard InChI is InChI=1S/C13H19ClO3/c1-8(2)5-11(15)9-6-12(16-3)13(17-4)7-10(9)14/h6-8,11,15H,5H2,1-4H3. The number of benzene rings is 1. The summed E-state index contributed by atoms with van der Waals surface area (Å²) in [6.07, 6.45) is 0.0807. The van der Waals surface area contributed by atoms with Gasteiger partial charge in [-0.15, -0.1) is 0 Å². The Kier molecular flexibility index (Phi) is 5.09. The van der Waals surface area contributed by atoms with Crippen LogP contribution in [0.1, 0.15) is 31.9 Å². The highest BCUT2D eigenvalue weighted by atomic mass is 35.5. The third-order valence-corrected chi connectivity index (χ3v) is 2.88. The van der Waals surface area contributed by atoms with Gasteiger partial charge in [0.25, 0.3) is 0 Å². The SMILES string of the molecule is COc1cc(Cl)c(C(O)CC(C)C)cc1OC. The zero-order valence-electron chi connectivity index (χ0n) is 10.7. The van der Waals surface area contributed by atoms with Gasteiger partial charge in [0, 0.05) is 11.6 Å². The van der Waals surface area contributed by atoms with E-state index < -0.39 is 6.10 Å². The quantitative estimate of drug-likeness (QED) is 0.879. The summed E-state index contributed by atoms with van der Waals surface area (Å²) in [5.74, 6) is 1.54. The lowest BCUT2D eigenvalue weighted by Gasteiger charge is -2.17. The molecular weight excluding hydrogens is 240 g/mol. The van der Waals surface area contributed by atoms with Gasteiger partial charge in [-0.1, -0.05) is 25.4 Å². The number of hydrogen-bond donors (Lipinski definition) is 1. The van der Waals surface area contributed by atoms with E-state index >= 15 is 0 Å². The minimum absolute atomic E-state index is 0.397. The minimum Gasteiger partial charge on any atom is -0.493 e. The van der Waals surface area contributed by atoms with Crippen molar-refractivity contribution in [3.05, 3.63) is 22.7 Å². The van der Waals surface area contributed by atoms with E-state index in [2.05, 4.69) is 13.8 Å². The average molecular weight is 259 g/mol. The van der Waals surface area contributed by atoms with Crippen LogP contribution in [-0.2, 0) is 0 Å². The summed E-state index contributed by atoms with van der Waals surface area (Å²) in [7, 11) is 3.11. The molecule has 3 nitrogen and oxygen atoms in total.